The molecular formula is C21H20. The molecule has 1 aromatic rings. The number of allylic oxidation sites excluding steroid dienone is 7. The topological polar surface area (TPSA) is 0 Å². The summed E-state index contributed by atoms with van der Waals surface area (Å²) in [6.45, 7) is 4.56. The van der Waals surface area contributed by atoms with Gasteiger partial charge in [0.15, 0.2) is 0 Å². The van der Waals surface area contributed by atoms with Gasteiger partial charge in [-0.2, -0.15) is 0 Å². The highest BCUT2D eigenvalue weighted by atomic mass is 14.6. The summed E-state index contributed by atoms with van der Waals surface area (Å²) in [4.78, 5) is 0. The third-order valence-electron chi connectivity index (χ3n) is 6.15. The minimum Gasteiger partial charge on any atom is -0.0983 e. The van der Waals surface area contributed by atoms with Crippen LogP contribution in [0.25, 0.3) is 0 Å². The average molecular weight is 272 g/mol. The van der Waals surface area contributed by atoms with Crippen LogP contribution in [0.1, 0.15) is 49.1 Å². The van der Waals surface area contributed by atoms with Crippen molar-refractivity contribution in [1.29, 1.82) is 0 Å². The van der Waals surface area contributed by atoms with Gasteiger partial charge in [0.05, 0.1) is 5.41 Å². The monoisotopic (exact) mass is 272 g/mol. The van der Waals surface area contributed by atoms with Crippen LogP contribution >= 0.6 is 0 Å². The molecule has 1 spiro atoms. The standard InChI is InChI=1S/C21H20/c1-14-10-11-15-12-13-18(15)21(14)19-8-4-2-6-16(19)17-7-3-5-9-20(17)21/h2-6,8-9,17H,1,7,10-13H2. The Bertz CT molecular complexity index is 756. The Balaban J connectivity index is 1.89. The van der Waals surface area contributed by atoms with Crippen molar-refractivity contribution in [3.8, 4) is 0 Å². The van der Waals surface area contributed by atoms with Gasteiger partial charge >= 0.3 is 0 Å². The number of fused-ring (bicyclic) bond motifs is 6. The molecule has 0 fully saturated rings. The normalized spacial score (nSPS) is 32.5. The van der Waals surface area contributed by atoms with Crippen LogP contribution in [-0.2, 0) is 5.41 Å². The molecular weight excluding hydrogens is 252 g/mol. The summed E-state index contributed by atoms with van der Waals surface area (Å²) in [7, 11) is 0. The summed E-state index contributed by atoms with van der Waals surface area (Å²) < 4.78 is 0. The summed E-state index contributed by atoms with van der Waals surface area (Å²) in [6.07, 6.45) is 13.2. The minimum absolute atomic E-state index is 0.0673. The first-order valence-electron chi connectivity index (χ1n) is 8.19. The zero-order valence-corrected chi connectivity index (χ0v) is 12.4. The molecule has 5 rings (SSSR count). The first-order chi connectivity index (χ1) is 10.3. The van der Waals surface area contributed by atoms with Gasteiger partial charge in [-0.15, -0.1) is 0 Å². The predicted octanol–water partition coefficient (Wildman–Crippen LogP) is 5.35. The van der Waals surface area contributed by atoms with Gasteiger partial charge in [0.25, 0.3) is 0 Å². The molecule has 2 atom stereocenters. The first-order valence-corrected chi connectivity index (χ1v) is 8.19. The molecule has 0 aliphatic heterocycles. The van der Waals surface area contributed by atoms with E-state index < -0.39 is 0 Å². The van der Waals surface area contributed by atoms with Crippen molar-refractivity contribution < 1.29 is 0 Å². The Hall–Kier alpha value is -1.82. The molecule has 0 saturated carbocycles. The van der Waals surface area contributed by atoms with Crippen molar-refractivity contribution >= 4 is 0 Å². The molecule has 0 aromatic heterocycles. The minimum atomic E-state index is 0.0673. The highest BCUT2D eigenvalue weighted by Gasteiger charge is 2.54. The molecule has 0 heteroatoms. The molecule has 0 bridgehead atoms. The maximum absolute atomic E-state index is 4.56. The largest absolute Gasteiger partial charge is 0.0983 e. The molecule has 0 heterocycles. The first kappa shape index (κ1) is 11.8. The Kier molecular flexibility index (Phi) is 2.18. The molecule has 0 radical (unpaired) electrons. The van der Waals surface area contributed by atoms with Crippen LogP contribution in [0.5, 0.6) is 0 Å². The van der Waals surface area contributed by atoms with Crippen LogP contribution in [0.15, 0.2) is 71.4 Å². The van der Waals surface area contributed by atoms with Crippen molar-refractivity contribution in [2.75, 3.05) is 0 Å². The van der Waals surface area contributed by atoms with E-state index in [1.807, 2.05) is 0 Å². The second kappa shape index (κ2) is 3.88. The van der Waals surface area contributed by atoms with Crippen molar-refractivity contribution in [3.63, 3.8) is 0 Å². The Morgan fingerprint density at radius 1 is 1.05 bits per heavy atom. The fourth-order valence-corrected chi connectivity index (χ4v) is 5.20. The molecule has 4 aliphatic rings. The maximum Gasteiger partial charge on any atom is 0.0593 e. The lowest BCUT2D eigenvalue weighted by Crippen LogP contribution is -2.38. The van der Waals surface area contributed by atoms with Crippen LogP contribution in [0, 0.1) is 0 Å². The van der Waals surface area contributed by atoms with Gasteiger partial charge in [0.1, 0.15) is 0 Å². The van der Waals surface area contributed by atoms with Gasteiger partial charge in [-0.1, -0.05) is 65.8 Å². The third kappa shape index (κ3) is 1.23. The highest BCUT2D eigenvalue weighted by molar-refractivity contribution is 5.70. The Morgan fingerprint density at radius 2 is 1.90 bits per heavy atom. The van der Waals surface area contributed by atoms with E-state index in [0.717, 1.165) is 6.42 Å². The second-order valence-corrected chi connectivity index (χ2v) is 6.86. The number of rotatable bonds is 0. The fourth-order valence-electron chi connectivity index (χ4n) is 5.20. The maximum atomic E-state index is 4.56. The molecule has 2 unspecified atom stereocenters. The van der Waals surface area contributed by atoms with Crippen molar-refractivity contribution in [1.82, 2.24) is 0 Å². The second-order valence-electron chi connectivity index (χ2n) is 6.86. The van der Waals surface area contributed by atoms with E-state index in [1.54, 1.807) is 27.8 Å². The molecule has 0 saturated heterocycles. The van der Waals surface area contributed by atoms with Gasteiger partial charge in [-0.3, -0.25) is 0 Å². The summed E-state index contributed by atoms with van der Waals surface area (Å²) in [5.41, 5.74) is 9.65. The molecule has 21 heavy (non-hydrogen) atoms. The third-order valence-corrected chi connectivity index (χ3v) is 6.15. The lowest BCUT2D eigenvalue weighted by Gasteiger charge is -2.47. The zero-order valence-electron chi connectivity index (χ0n) is 12.4. The smallest absolute Gasteiger partial charge is 0.0593 e. The Labute approximate surface area is 126 Å². The van der Waals surface area contributed by atoms with Crippen LogP contribution in [0.2, 0.25) is 0 Å². The molecule has 104 valence electrons. The van der Waals surface area contributed by atoms with Crippen LogP contribution in [-0.4, -0.2) is 0 Å². The van der Waals surface area contributed by atoms with Gasteiger partial charge in [0.2, 0.25) is 0 Å². The zero-order chi connectivity index (χ0) is 14.0. The van der Waals surface area contributed by atoms with E-state index in [2.05, 4.69) is 49.1 Å². The van der Waals surface area contributed by atoms with Crippen LogP contribution in [0.4, 0.5) is 0 Å². The number of benzene rings is 1. The lowest BCUT2D eigenvalue weighted by atomic mass is 9.56. The predicted molar refractivity (Wildman–Crippen MR) is 87.3 cm³/mol. The molecule has 0 amide bonds. The SMILES string of the molecule is C=C1CCC2=C(CC2)C12C1=CC=CCC1c1ccccc12. The van der Waals surface area contributed by atoms with E-state index >= 15 is 0 Å². The van der Waals surface area contributed by atoms with E-state index in [4.69, 9.17) is 0 Å². The number of hydrogen-bond donors (Lipinski definition) is 0. The van der Waals surface area contributed by atoms with Crippen molar-refractivity contribution in [2.45, 2.75) is 43.4 Å². The van der Waals surface area contributed by atoms with Crippen molar-refractivity contribution in [2.24, 2.45) is 0 Å². The quantitative estimate of drug-likeness (QED) is 0.559. The Morgan fingerprint density at radius 3 is 2.76 bits per heavy atom. The van der Waals surface area contributed by atoms with E-state index in [-0.39, 0.29) is 5.41 Å². The average Bonchev–Trinajstić information content (AvgIpc) is 2.78. The molecule has 1 aromatic carbocycles. The summed E-state index contributed by atoms with van der Waals surface area (Å²) in [5.74, 6) is 0.579. The lowest BCUT2D eigenvalue weighted by molar-refractivity contribution is 0.516. The number of hydrogen-bond acceptors (Lipinski definition) is 0. The van der Waals surface area contributed by atoms with E-state index in [0.29, 0.717) is 5.92 Å². The van der Waals surface area contributed by atoms with Gasteiger partial charge in [0, 0.05) is 5.92 Å². The summed E-state index contributed by atoms with van der Waals surface area (Å²) in [6, 6.07) is 9.14. The molecule has 4 aliphatic carbocycles. The van der Waals surface area contributed by atoms with Gasteiger partial charge in [-0.05, 0) is 48.8 Å². The van der Waals surface area contributed by atoms with Gasteiger partial charge in [-0.25, -0.2) is 0 Å². The summed E-state index contributed by atoms with van der Waals surface area (Å²) in [5, 5.41) is 0. The van der Waals surface area contributed by atoms with Gasteiger partial charge < -0.3 is 0 Å². The molecule has 0 nitrogen and oxygen atoms in total. The summed E-state index contributed by atoms with van der Waals surface area (Å²) >= 11 is 0. The highest BCUT2D eigenvalue weighted by Crippen LogP contribution is 2.65. The molecule has 0 N–H and O–H groups in total. The van der Waals surface area contributed by atoms with E-state index in [9.17, 15) is 0 Å². The van der Waals surface area contributed by atoms with Crippen LogP contribution < -0.4 is 0 Å². The van der Waals surface area contributed by atoms with Crippen molar-refractivity contribution in [3.05, 3.63) is 82.5 Å². The fraction of sp³-hybridized carbons (Fsp3) is 0.333. The van der Waals surface area contributed by atoms with Crippen LogP contribution in [0.3, 0.4) is 0 Å². The van der Waals surface area contributed by atoms with E-state index in [1.165, 1.54) is 31.3 Å².